The lowest BCUT2D eigenvalue weighted by atomic mass is 10.2. The molecule has 0 aliphatic rings. The SMILES string of the molecule is CC(=O)c1cccc(S(=O)(=O)NCCCC(F)(F)F)c1. The topological polar surface area (TPSA) is 63.2 Å². The molecule has 0 saturated heterocycles. The van der Waals surface area contributed by atoms with E-state index in [2.05, 4.69) is 4.72 Å². The largest absolute Gasteiger partial charge is 0.389 e. The molecule has 0 aliphatic carbocycles. The van der Waals surface area contributed by atoms with Gasteiger partial charge < -0.3 is 0 Å². The number of benzene rings is 1. The Morgan fingerprint density at radius 1 is 1.30 bits per heavy atom. The number of carbonyl (C=O) groups is 1. The molecule has 1 aromatic rings. The molecule has 8 heteroatoms. The van der Waals surface area contributed by atoms with Crippen LogP contribution in [0.25, 0.3) is 0 Å². The molecule has 1 N–H and O–H groups in total. The summed E-state index contributed by atoms with van der Waals surface area (Å²) in [4.78, 5) is 11.0. The monoisotopic (exact) mass is 309 g/mol. The number of hydrogen-bond donors (Lipinski definition) is 1. The minimum absolute atomic E-state index is 0.141. The molecule has 0 unspecified atom stereocenters. The van der Waals surface area contributed by atoms with Gasteiger partial charge in [0, 0.05) is 18.5 Å². The zero-order valence-electron chi connectivity index (χ0n) is 10.7. The Morgan fingerprint density at radius 3 is 2.50 bits per heavy atom. The number of Topliss-reactive ketones (excluding diaryl/α,β-unsaturated/α-hetero) is 1. The van der Waals surface area contributed by atoms with Gasteiger partial charge in [-0.15, -0.1) is 0 Å². The molecule has 0 aliphatic heterocycles. The van der Waals surface area contributed by atoms with Gasteiger partial charge in [-0.05, 0) is 25.5 Å². The van der Waals surface area contributed by atoms with Crippen LogP contribution >= 0.6 is 0 Å². The van der Waals surface area contributed by atoms with E-state index in [1.165, 1.54) is 31.2 Å². The van der Waals surface area contributed by atoms with Crippen molar-refractivity contribution in [2.45, 2.75) is 30.8 Å². The van der Waals surface area contributed by atoms with E-state index in [1.54, 1.807) is 0 Å². The van der Waals surface area contributed by atoms with E-state index >= 15 is 0 Å². The standard InChI is InChI=1S/C12H14F3NO3S/c1-9(17)10-4-2-5-11(8-10)20(18,19)16-7-3-6-12(13,14)15/h2,4-5,8,16H,3,6-7H2,1H3. The molecular formula is C12H14F3NO3S. The van der Waals surface area contributed by atoms with Crippen LogP contribution in [0.1, 0.15) is 30.1 Å². The van der Waals surface area contributed by atoms with Gasteiger partial charge in [0.25, 0.3) is 0 Å². The number of carbonyl (C=O) groups excluding carboxylic acids is 1. The summed E-state index contributed by atoms with van der Waals surface area (Å²) in [6, 6.07) is 5.33. The van der Waals surface area contributed by atoms with E-state index < -0.39 is 22.6 Å². The lowest BCUT2D eigenvalue weighted by Gasteiger charge is -2.09. The molecule has 0 amide bonds. The zero-order valence-corrected chi connectivity index (χ0v) is 11.5. The number of ketones is 1. The Balaban J connectivity index is 2.70. The molecule has 0 fully saturated rings. The molecule has 1 aromatic carbocycles. The summed E-state index contributed by atoms with van der Waals surface area (Å²) >= 11 is 0. The average molecular weight is 309 g/mol. The summed E-state index contributed by atoms with van der Waals surface area (Å²) < 4.78 is 61.5. The van der Waals surface area contributed by atoms with E-state index in [1.807, 2.05) is 0 Å². The van der Waals surface area contributed by atoms with Crippen molar-refractivity contribution >= 4 is 15.8 Å². The van der Waals surface area contributed by atoms with Gasteiger partial charge in [0.15, 0.2) is 5.78 Å². The third-order valence-corrected chi connectivity index (χ3v) is 3.94. The van der Waals surface area contributed by atoms with E-state index in [0.717, 1.165) is 0 Å². The summed E-state index contributed by atoms with van der Waals surface area (Å²) in [6.45, 7) is 0.981. The molecule has 0 spiro atoms. The zero-order chi connectivity index (χ0) is 15.4. The molecule has 1 rings (SSSR count). The predicted molar refractivity (Wildman–Crippen MR) is 66.9 cm³/mol. The van der Waals surface area contributed by atoms with Crippen LogP contribution in [0.3, 0.4) is 0 Å². The lowest BCUT2D eigenvalue weighted by molar-refractivity contribution is -0.135. The van der Waals surface area contributed by atoms with Crippen molar-refractivity contribution in [2.75, 3.05) is 6.54 Å². The van der Waals surface area contributed by atoms with Crippen LogP contribution in [0.2, 0.25) is 0 Å². The van der Waals surface area contributed by atoms with Crippen LogP contribution in [0.4, 0.5) is 13.2 Å². The fourth-order valence-electron chi connectivity index (χ4n) is 1.46. The Kier molecular flexibility index (Phi) is 5.29. The minimum atomic E-state index is -4.31. The van der Waals surface area contributed by atoms with E-state index in [9.17, 15) is 26.4 Å². The predicted octanol–water partition coefficient (Wildman–Crippen LogP) is 2.51. The van der Waals surface area contributed by atoms with E-state index in [4.69, 9.17) is 0 Å². The summed E-state index contributed by atoms with van der Waals surface area (Å²) in [7, 11) is -3.90. The van der Waals surface area contributed by atoms with Gasteiger partial charge in [-0.1, -0.05) is 12.1 Å². The first-order chi connectivity index (χ1) is 9.12. The van der Waals surface area contributed by atoms with Gasteiger partial charge in [0.2, 0.25) is 10.0 Å². The Morgan fingerprint density at radius 2 is 1.95 bits per heavy atom. The van der Waals surface area contributed by atoms with E-state index in [-0.39, 0.29) is 29.2 Å². The van der Waals surface area contributed by atoms with Crippen molar-refractivity contribution in [2.24, 2.45) is 0 Å². The number of sulfonamides is 1. The maximum atomic E-state index is 11.9. The smallest absolute Gasteiger partial charge is 0.295 e. The molecule has 0 aromatic heterocycles. The Labute approximate surface area is 115 Å². The number of halogens is 3. The highest BCUT2D eigenvalue weighted by Gasteiger charge is 2.26. The van der Waals surface area contributed by atoms with Gasteiger partial charge in [0.05, 0.1) is 4.90 Å². The fraction of sp³-hybridized carbons (Fsp3) is 0.417. The van der Waals surface area contributed by atoms with Crippen molar-refractivity contribution in [1.29, 1.82) is 0 Å². The summed E-state index contributed by atoms with van der Waals surface area (Å²) in [6.07, 6.45) is -5.70. The molecule has 0 atom stereocenters. The van der Waals surface area contributed by atoms with Crippen LogP contribution in [0.5, 0.6) is 0 Å². The van der Waals surface area contributed by atoms with Crippen LogP contribution < -0.4 is 4.72 Å². The second-order valence-corrected chi connectivity index (χ2v) is 5.97. The molecule has 0 bridgehead atoms. The van der Waals surface area contributed by atoms with Gasteiger partial charge in [-0.3, -0.25) is 4.79 Å². The average Bonchev–Trinajstić information content (AvgIpc) is 2.34. The van der Waals surface area contributed by atoms with Gasteiger partial charge in [-0.2, -0.15) is 13.2 Å². The van der Waals surface area contributed by atoms with Crippen molar-refractivity contribution < 1.29 is 26.4 Å². The maximum Gasteiger partial charge on any atom is 0.389 e. The fourth-order valence-corrected chi connectivity index (χ4v) is 2.58. The first kappa shape index (κ1) is 16.6. The van der Waals surface area contributed by atoms with Gasteiger partial charge in [-0.25, -0.2) is 13.1 Å². The number of hydrogen-bond acceptors (Lipinski definition) is 3. The second kappa shape index (κ2) is 6.36. The molecule has 4 nitrogen and oxygen atoms in total. The lowest BCUT2D eigenvalue weighted by Crippen LogP contribution is -2.26. The van der Waals surface area contributed by atoms with Crippen LogP contribution in [0, 0.1) is 0 Å². The highest BCUT2D eigenvalue weighted by Crippen LogP contribution is 2.21. The molecule has 0 saturated carbocycles. The molecular weight excluding hydrogens is 295 g/mol. The Hall–Kier alpha value is -1.41. The van der Waals surface area contributed by atoms with Gasteiger partial charge in [0.1, 0.15) is 0 Å². The van der Waals surface area contributed by atoms with Crippen molar-refractivity contribution in [3.63, 3.8) is 0 Å². The van der Waals surface area contributed by atoms with Crippen molar-refractivity contribution in [3.8, 4) is 0 Å². The van der Waals surface area contributed by atoms with Crippen LogP contribution in [-0.2, 0) is 10.0 Å². The number of rotatable bonds is 6. The van der Waals surface area contributed by atoms with E-state index in [0.29, 0.717) is 0 Å². The highest BCUT2D eigenvalue weighted by atomic mass is 32.2. The van der Waals surface area contributed by atoms with Crippen molar-refractivity contribution in [1.82, 2.24) is 4.72 Å². The molecule has 0 heterocycles. The highest BCUT2D eigenvalue weighted by molar-refractivity contribution is 7.89. The molecule has 20 heavy (non-hydrogen) atoms. The second-order valence-electron chi connectivity index (χ2n) is 4.20. The van der Waals surface area contributed by atoms with Crippen molar-refractivity contribution in [3.05, 3.63) is 29.8 Å². The number of alkyl halides is 3. The third-order valence-electron chi connectivity index (χ3n) is 2.48. The quantitative estimate of drug-likeness (QED) is 0.649. The summed E-state index contributed by atoms with van der Waals surface area (Å²) in [5.74, 6) is -0.292. The maximum absolute atomic E-state index is 11.9. The minimum Gasteiger partial charge on any atom is -0.295 e. The first-order valence-corrected chi connectivity index (χ1v) is 7.27. The van der Waals surface area contributed by atoms with Gasteiger partial charge >= 0.3 is 6.18 Å². The van der Waals surface area contributed by atoms with Crippen LogP contribution in [-0.4, -0.2) is 26.9 Å². The number of nitrogens with one attached hydrogen (secondary N) is 1. The molecule has 0 radical (unpaired) electrons. The first-order valence-electron chi connectivity index (χ1n) is 5.79. The Bertz CT molecular complexity index is 582. The third kappa shape index (κ3) is 5.30. The normalized spacial score (nSPS) is 12.4. The van der Waals surface area contributed by atoms with Crippen LogP contribution in [0.15, 0.2) is 29.2 Å². The molecule has 112 valence electrons. The summed E-state index contributed by atoms with van der Waals surface area (Å²) in [5, 5.41) is 0. The summed E-state index contributed by atoms with van der Waals surface area (Å²) in [5.41, 5.74) is 0.225.